The Kier molecular flexibility index (Phi) is 5.86. The van der Waals surface area contributed by atoms with Gasteiger partial charge in [0.25, 0.3) is 0 Å². The van der Waals surface area contributed by atoms with E-state index in [0.29, 0.717) is 0 Å². The first-order valence-electron chi connectivity index (χ1n) is 4.61. The van der Waals surface area contributed by atoms with Crippen LogP contribution in [-0.2, 0) is 4.79 Å². The van der Waals surface area contributed by atoms with Crippen molar-refractivity contribution in [2.45, 2.75) is 31.1 Å². The zero-order valence-electron chi connectivity index (χ0n) is 8.92. The van der Waals surface area contributed by atoms with Crippen LogP contribution in [-0.4, -0.2) is 36.0 Å². The maximum Gasteiger partial charge on any atom is 0.237 e. The molecule has 2 N–H and O–H groups in total. The lowest BCUT2D eigenvalue weighted by molar-refractivity contribution is -0.124. The Morgan fingerprint density at radius 2 is 2.21 bits per heavy atom. The molecule has 0 aromatic rings. The smallest absolute Gasteiger partial charge is 0.237 e. The van der Waals surface area contributed by atoms with Gasteiger partial charge in [0.1, 0.15) is 0 Å². The van der Waals surface area contributed by atoms with Crippen molar-refractivity contribution in [2.24, 2.45) is 0 Å². The highest BCUT2D eigenvalue weighted by Gasteiger charge is 2.25. The van der Waals surface area contributed by atoms with E-state index in [4.69, 9.17) is 0 Å². The van der Waals surface area contributed by atoms with Gasteiger partial charge in [0, 0.05) is 11.3 Å². The van der Waals surface area contributed by atoms with Gasteiger partial charge in [-0.25, -0.2) is 0 Å². The van der Waals surface area contributed by atoms with Gasteiger partial charge >= 0.3 is 0 Å². The molecular formula is C9H19ClN2OS. The third-order valence-corrected chi connectivity index (χ3v) is 3.63. The first kappa shape index (κ1) is 14.1. The van der Waals surface area contributed by atoms with Crippen LogP contribution < -0.4 is 10.6 Å². The second kappa shape index (κ2) is 5.83. The molecule has 0 aromatic carbocycles. The van der Waals surface area contributed by atoms with Crippen LogP contribution >= 0.6 is 24.2 Å². The van der Waals surface area contributed by atoms with Crippen LogP contribution in [0.3, 0.4) is 0 Å². The summed E-state index contributed by atoms with van der Waals surface area (Å²) in [5.74, 6) is 0.147. The highest BCUT2D eigenvalue weighted by molar-refractivity contribution is 7.99. The number of carbonyl (C=O) groups excluding carboxylic acids is 1. The summed E-state index contributed by atoms with van der Waals surface area (Å²) in [5.41, 5.74) is 0. The topological polar surface area (TPSA) is 41.1 Å². The maximum atomic E-state index is 11.4. The van der Waals surface area contributed by atoms with Gasteiger partial charge in [0.2, 0.25) is 5.91 Å². The van der Waals surface area contributed by atoms with Crippen molar-refractivity contribution in [1.29, 1.82) is 0 Å². The van der Waals surface area contributed by atoms with Gasteiger partial charge < -0.3 is 10.6 Å². The first-order chi connectivity index (χ1) is 6.05. The molecule has 0 aromatic heterocycles. The molecule has 1 aliphatic rings. The minimum absolute atomic E-state index is 0. The van der Waals surface area contributed by atoms with E-state index in [1.165, 1.54) is 0 Å². The third-order valence-electron chi connectivity index (χ3n) is 2.38. The molecule has 1 amide bonds. The standard InChI is InChI=1S/C9H18N2OS.ClH/c1-9(2,13-3)6-11-8(12)7-4-5-10-7;/h7,10H,4-6H2,1-3H3,(H,11,12);1H/t7-;/m1./s1. The Labute approximate surface area is 96.2 Å². The van der Waals surface area contributed by atoms with Gasteiger partial charge in [-0.2, -0.15) is 11.8 Å². The van der Waals surface area contributed by atoms with E-state index in [1.807, 2.05) is 0 Å². The Morgan fingerprint density at radius 1 is 1.64 bits per heavy atom. The molecule has 0 bridgehead atoms. The molecule has 0 unspecified atom stereocenters. The van der Waals surface area contributed by atoms with Crippen LogP contribution in [0.2, 0.25) is 0 Å². The maximum absolute atomic E-state index is 11.4. The second-order valence-electron chi connectivity index (χ2n) is 3.98. The van der Waals surface area contributed by atoms with Crippen molar-refractivity contribution in [3.63, 3.8) is 0 Å². The Balaban J connectivity index is 0.00000169. The van der Waals surface area contributed by atoms with E-state index < -0.39 is 0 Å². The van der Waals surface area contributed by atoms with E-state index in [9.17, 15) is 4.79 Å². The summed E-state index contributed by atoms with van der Waals surface area (Å²) in [6.07, 6.45) is 3.04. The molecule has 14 heavy (non-hydrogen) atoms. The number of hydrogen-bond donors (Lipinski definition) is 2. The molecule has 1 heterocycles. The summed E-state index contributed by atoms with van der Waals surface area (Å²) in [7, 11) is 0. The fourth-order valence-electron chi connectivity index (χ4n) is 1.01. The van der Waals surface area contributed by atoms with Gasteiger partial charge in [0.15, 0.2) is 0 Å². The first-order valence-corrected chi connectivity index (χ1v) is 5.84. The molecule has 5 heteroatoms. The van der Waals surface area contributed by atoms with E-state index in [-0.39, 0.29) is 29.1 Å². The van der Waals surface area contributed by atoms with Gasteiger partial charge in [-0.1, -0.05) is 0 Å². The minimum Gasteiger partial charge on any atom is -0.353 e. The van der Waals surface area contributed by atoms with Crippen LogP contribution in [0, 0.1) is 0 Å². The highest BCUT2D eigenvalue weighted by Crippen LogP contribution is 2.19. The monoisotopic (exact) mass is 238 g/mol. The molecule has 1 atom stereocenters. The summed E-state index contributed by atoms with van der Waals surface area (Å²) < 4.78 is 0.138. The van der Waals surface area contributed by atoms with E-state index in [0.717, 1.165) is 19.5 Å². The van der Waals surface area contributed by atoms with Gasteiger partial charge in [-0.05, 0) is 33.1 Å². The van der Waals surface area contributed by atoms with E-state index in [1.54, 1.807) is 11.8 Å². The van der Waals surface area contributed by atoms with Crippen LogP contribution in [0.1, 0.15) is 20.3 Å². The van der Waals surface area contributed by atoms with Crippen LogP contribution in [0.15, 0.2) is 0 Å². The molecule has 0 saturated carbocycles. The number of hydrogen-bond acceptors (Lipinski definition) is 3. The molecule has 1 aliphatic heterocycles. The van der Waals surface area contributed by atoms with E-state index in [2.05, 4.69) is 30.7 Å². The highest BCUT2D eigenvalue weighted by atomic mass is 35.5. The second-order valence-corrected chi connectivity index (χ2v) is 5.49. The van der Waals surface area contributed by atoms with Gasteiger partial charge in [0.05, 0.1) is 6.04 Å². The van der Waals surface area contributed by atoms with Gasteiger partial charge in [-0.15, -0.1) is 12.4 Å². The van der Waals surface area contributed by atoms with Crippen molar-refractivity contribution >= 4 is 30.1 Å². The lowest BCUT2D eigenvalue weighted by atomic mass is 10.1. The predicted octanol–water partition coefficient (Wildman–Crippen LogP) is 1.03. The van der Waals surface area contributed by atoms with Crippen LogP contribution in [0.4, 0.5) is 0 Å². The number of nitrogens with one attached hydrogen (secondary N) is 2. The van der Waals surface area contributed by atoms with Crippen molar-refractivity contribution in [2.75, 3.05) is 19.3 Å². The van der Waals surface area contributed by atoms with E-state index >= 15 is 0 Å². The quantitative estimate of drug-likeness (QED) is 0.769. The Bertz CT molecular complexity index is 195. The van der Waals surface area contributed by atoms with Gasteiger partial charge in [-0.3, -0.25) is 4.79 Å². The largest absolute Gasteiger partial charge is 0.353 e. The average molecular weight is 239 g/mol. The minimum atomic E-state index is 0. The molecule has 0 spiro atoms. The summed E-state index contributed by atoms with van der Waals surface area (Å²) in [6.45, 7) is 5.98. The van der Waals surface area contributed by atoms with Crippen molar-refractivity contribution in [1.82, 2.24) is 10.6 Å². The number of carbonyl (C=O) groups is 1. The van der Waals surface area contributed by atoms with Crippen molar-refractivity contribution in [3.8, 4) is 0 Å². The lowest BCUT2D eigenvalue weighted by Crippen LogP contribution is -2.54. The molecule has 1 fully saturated rings. The predicted molar refractivity (Wildman–Crippen MR) is 64.3 cm³/mol. The number of halogens is 1. The van der Waals surface area contributed by atoms with Crippen LogP contribution in [0.25, 0.3) is 0 Å². The number of thioether (sulfide) groups is 1. The number of amides is 1. The summed E-state index contributed by atoms with van der Waals surface area (Å²) in [5, 5.41) is 6.03. The summed E-state index contributed by atoms with van der Waals surface area (Å²) >= 11 is 1.77. The molecule has 0 aliphatic carbocycles. The average Bonchev–Trinajstić information content (AvgIpc) is 1.98. The SMILES string of the molecule is CSC(C)(C)CNC(=O)[C@H]1CCN1.Cl. The molecule has 1 saturated heterocycles. The molecule has 1 rings (SSSR count). The lowest BCUT2D eigenvalue weighted by Gasteiger charge is -2.29. The van der Waals surface area contributed by atoms with Crippen molar-refractivity contribution in [3.05, 3.63) is 0 Å². The fourth-order valence-corrected chi connectivity index (χ4v) is 1.22. The Hall–Kier alpha value is 0.0700. The molecule has 84 valence electrons. The zero-order valence-corrected chi connectivity index (χ0v) is 10.6. The van der Waals surface area contributed by atoms with Crippen LogP contribution in [0.5, 0.6) is 0 Å². The Morgan fingerprint density at radius 3 is 2.57 bits per heavy atom. The third kappa shape index (κ3) is 4.07. The fraction of sp³-hybridized carbons (Fsp3) is 0.889. The summed E-state index contributed by atoms with van der Waals surface area (Å²) in [6, 6.07) is 0.0673. The molecule has 3 nitrogen and oxygen atoms in total. The normalized spacial score (nSPS) is 20.6. The zero-order chi connectivity index (χ0) is 9.90. The van der Waals surface area contributed by atoms with Crippen molar-refractivity contribution < 1.29 is 4.79 Å². The number of rotatable bonds is 4. The molecule has 0 radical (unpaired) electrons. The molecular weight excluding hydrogens is 220 g/mol. The summed E-state index contributed by atoms with van der Waals surface area (Å²) in [4.78, 5) is 11.4.